The minimum atomic E-state index is 0.562. The predicted octanol–water partition coefficient (Wildman–Crippen LogP) is 1.08. The van der Waals surface area contributed by atoms with E-state index in [1.165, 1.54) is 12.8 Å². The fourth-order valence-electron chi connectivity index (χ4n) is 0.359. The van der Waals surface area contributed by atoms with Gasteiger partial charge in [0.1, 0.15) is 5.50 Å². The van der Waals surface area contributed by atoms with Gasteiger partial charge in [0.2, 0.25) is 0 Å². The molecular formula is C4H7ClN. The number of rotatable bonds is 1. The summed E-state index contributed by atoms with van der Waals surface area (Å²) in [6, 6.07) is 0. The van der Waals surface area contributed by atoms with Gasteiger partial charge in [-0.25, -0.2) is 0 Å². The topological polar surface area (TPSA) is 26.0 Å². The van der Waals surface area contributed by atoms with Gasteiger partial charge in [-0.05, 0) is 18.8 Å². The Morgan fingerprint density at radius 1 is 1.67 bits per heavy atom. The van der Waals surface area contributed by atoms with E-state index in [4.69, 9.17) is 17.3 Å². The summed E-state index contributed by atoms with van der Waals surface area (Å²) in [4.78, 5) is 0. The highest BCUT2D eigenvalue weighted by Crippen LogP contribution is 2.36. The van der Waals surface area contributed by atoms with Crippen LogP contribution in [0.5, 0.6) is 0 Å². The van der Waals surface area contributed by atoms with Crippen LogP contribution in [0.2, 0.25) is 0 Å². The molecule has 1 aliphatic rings. The maximum absolute atomic E-state index is 5.37. The van der Waals surface area contributed by atoms with Crippen LogP contribution in [0.4, 0.5) is 0 Å². The lowest BCUT2D eigenvalue weighted by Crippen LogP contribution is -2.01. The molecule has 1 rings (SSSR count). The zero-order chi connectivity index (χ0) is 4.57. The lowest BCUT2D eigenvalue weighted by atomic mass is 10.4. The molecule has 1 radical (unpaired) electrons. The second-order valence-electron chi connectivity index (χ2n) is 1.66. The summed E-state index contributed by atoms with van der Waals surface area (Å²) >= 11 is 5.37. The van der Waals surface area contributed by atoms with Crippen molar-refractivity contribution in [3.05, 3.63) is 5.50 Å². The minimum absolute atomic E-state index is 0.562. The Kier molecular flexibility index (Phi) is 1.02. The van der Waals surface area contributed by atoms with Crippen molar-refractivity contribution in [2.24, 2.45) is 11.7 Å². The zero-order valence-corrected chi connectivity index (χ0v) is 4.20. The molecule has 2 heteroatoms. The quantitative estimate of drug-likeness (QED) is 0.495. The summed E-state index contributed by atoms with van der Waals surface area (Å²) in [5.41, 5.74) is 5.77. The number of nitrogens with two attached hydrogens (primary N) is 1. The average molecular weight is 105 g/mol. The Bertz CT molecular complexity index is 49.5. The number of hydrogen-bond acceptors (Lipinski definition) is 1. The summed E-state index contributed by atoms with van der Waals surface area (Å²) in [5, 5.41) is 0. The fraction of sp³-hybridized carbons (Fsp3) is 0.750. The highest BCUT2D eigenvalue weighted by molar-refractivity contribution is 6.26. The van der Waals surface area contributed by atoms with E-state index < -0.39 is 0 Å². The summed E-state index contributed by atoms with van der Waals surface area (Å²) < 4.78 is 0. The first kappa shape index (κ1) is 4.41. The molecule has 1 nitrogen and oxygen atoms in total. The molecule has 0 aliphatic heterocycles. The maximum atomic E-state index is 5.37. The van der Waals surface area contributed by atoms with Crippen molar-refractivity contribution >= 4 is 11.6 Å². The monoisotopic (exact) mass is 104 g/mol. The van der Waals surface area contributed by atoms with E-state index in [0.29, 0.717) is 11.4 Å². The van der Waals surface area contributed by atoms with Gasteiger partial charge in [-0.1, -0.05) is 11.6 Å². The first-order valence-electron chi connectivity index (χ1n) is 2.08. The van der Waals surface area contributed by atoms with Crippen LogP contribution in [0, 0.1) is 11.4 Å². The van der Waals surface area contributed by atoms with Crippen LogP contribution in [0.15, 0.2) is 0 Å². The average Bonchev–Trinajstić information content (AvgIpc) is 2.06. The second-order valence-corrected chi connectivity index (χ2v) is 2.10. The molecule has 6 heavy (non-hydrogen) atoms. The molecule has 2 N–H and O–H groups in total. The summed E-state index contributed by atoms with van der Waals surface area (Å²) in [6.07, 6.45) is 2.41. The second kappa shape index (κ2) is 1.39. The molecule has 0 saturated heterocycles. The molecule has 0 amide bonds. The van der Waals surface area contributed by atoms with Crippen molar-refractivity contribution in [2.75, 3.05) is 0 Å². The van der Waals surface area contributed by atoms with Crippen molar-refractivity contribution in [1.82, 2.24) is 0 Å². The van der Waals surface area contributed by atoms with E-state index in [1.54, 1.807) is 0 Å². The lowest BCUT2D eigenvalue weighted by molar-refractivity contribution is 0.926. The molecule has 0 atom stereocenters. The highest BCUT2D eigenvalue weighted by Gasteiger charge is 2.27. The molecule has 0 aromatic heterocycles. The van der Waals surface area contributed by atoms with Crippen LogP contribution in [-0.2, 0) is 0 Å². The summed E-state index contributed by atoms with van der Waals surface area (Å²) in [6.45, 7) is 0. The van der Waals surface area contributed by atoms with Gasteiger partial charge in [0.15, 0.2) is 0 Å². The predicted molar refractivity (Wildman–Crippen MR) is 26.0 cm³/mol. The Labute approximate surface area is 42.5 Å². The van der Waals surface area contributed by atoms with Crippen molar-refractivity contribution in [3.8, 4) is 0 Å². The van der Waals surface area contributed by atoms with Crippen LogP contribution in [0.3, 0.4) is 0 Å². The van der Waals surface area contributed by atoms with E-state index in [-0.39, 0.29) is 0 Å². The van der Waals surface area contributed by atoms with Gasteiger partial charge in [-0.3, -0.25) is 0 Å². The van der Waals surface area contributed by atoms with Crippen molar-refractivity contribution in [2.45, 2.75) is 12.8 Å². The Morgan fingerprint density at radius 3 is 2.17 bits per heavy atom. The third-order valence-corrected chi connectivity index (χ3v) is 1.28. The van der Waals surface area contributed by atoms with Crippen LogP contribution in [-0.4, -0.2) is 0 Å². The molecule has 0 bridgehead atoms. The summed E-state index contributed by atoms with van der Waals surface area (Å²) in [5.74, 6) is 0.562. The van der Waals surface area contributed by atoms with E-state index in [0.717, 1.165) is 0 Å². The van der Waals surface area contributed by atoms with E-state index in [9.17, 15) is 0 Å². The van der Waals surface area contributed by atoms with Crippen LogP contribution >= 0.6 is 11.6 Å². The van der Waals surface area contributed by atoms with Gasteiger partial charge >= 0.3 is 0 Å². The van der Waals surface area contributed by atoms with E-state index >= 15 is 0 Å². The van der Waals surface area contributed by atoms with Gasteiger partial charge in [0, 0.05) is 0 Å². The van der Waals surface area contributed by atoms with Crippen molar-refractivity contribution in [1.29, 1.82) is 0 Å². The van der Waals surface area contributed by atoms with Gasteiger partial charge in [0.05, 0.1) is 0 Å². The van der Waals surface area contributed by atoms with Crippen molar-refractivity contribution in [3.63, 3.8) is 0 Å². The normalized spacial score (nSPS) is 22.5. The Hall–Kier alpha value is 0.250. The van der Waals surface area contributed by atoms with Crippen LogP contribution in [0.25, 0.3) is 0 Å². The first-order chi connectivity index (χ1) is 2.80. The fourth-order valence-corrected chi connectivity index (χ4v) is 0.577. The van der Waals surface area contributed by atoms with Gasteiger partial charge in [-0.2, -0.15) is 0 Å². The largest absolute Gasteiger partial charge is 0.310 e. The maximum Gasteiger partial charge on any atom is 0.126 e. The number of hydrogen-bond donors (Lipinski definition) is 1. The molecule has 0 unspecified atom stereocenters. The first-order valence-corrected chi connectivity index (χ1v) is 2.46. The van der Waals surface area contributed by atoms with E-state index in [2.05, 4.69) is 0 Å². The molecule has 0 aromatic rings. The molecule has 35 valence electrons. The molecule has 1 aliphatic carbocycles. The zero-order valence-electron chi connectivity index (χ0n) is 3.45. The van der Waals surface area contributed by atoms with Crippen molar-refractivity contribution < 1.29 is 0 Å². The standard InChI is InChI=1S/C4H7ClN/c5-4(6)3-1-2-3/h3H,1-2,6H2. The van der Waals surface area contributed by atoms with Crippen LogP contribution in [0.1, 0.15) is 12.8 Å². The van der Waals surface area contributed by atoms with Crippen LogP contribution < -0.4 is 5.73 Å². The lowest BCUT2D eigenvalue weighted by Gasteiger charge is -1.90. The smallest absolute Gasteiger partial charge is 0.126 e. The minimum Gasteiger partial charge on any atom is -0.310 e. The Balaban J connectivity index is 2.13. The summed E-state index contributed by atoms with van der Waals surface area (Å²) in [7, 11) is 0. The third kappa shape index (κ3) is 0.854. The van der Waals surface area contributed by atoms with Gasteiger partial charge in [-0.15, -0.1) is 0 Å². The molecule has 1 saturated carbocycles. The van der Waals surface area contributed by atoms with Gasteiger partial charge < -0.3 is 5.73 Å². The third-order valence-electron chi connectivity index (χ3n) is 0.967. The Morgan fingerprint density at radius 2 is 2.17 bits per heavy atom. The highest BCUT2D eigenvalue weighted by atomic mass is 35.5. The molecule has 0 spiro atoms. The van der Waals surface area contributed by atoms with E-state index in [1.807, 2.05) is 0 Å². The molecular weight excluding hydrogens is 97.5 g/mol. The molecule has 0 heterocycles. The van der Waals surface area contributed by atoms with Gasteiger partial charge in [0.25, 0.3) is 0 Å². The SMILES string of the molecule is N[C](Cl)C1CC1. The molecule has 0 aromatic carbocycles. The molecule has 1 fully saturated rings. The number of halogens is 1.